The maximum atomic E-state index is 12.1. The maximum Gasteiger partial charge on any atom is 0.306 e. The van der Waals surface area contributed by atoms with E-state index in [2.05, 4.69) is 35.0 Å². The van der Waals surface area contributed by atoms with Crippen LogP contribution in [0.4, 0.5) is 0 Å². The zero-order chi connectivity index (χ0) is 20.5. The lowest BCUT2D eigenvalue weighted by molar-refractivity contribution is -0.145. The Labute approximate surface area is 170 Å². The average Bonchev–Trinajstić information content (AvgIpc) is 3.13. The first-order valence-corrected chi connectivity index (χ1v) is 10.1. The summed E-state index contributed by atoms with van der Waals surface area (Å²) in [6, 6.07) is 11.8. The van der Waals surface area contributed by atoms with Crippen LogP contribution in [0.5, 0.6) is 5.75 Å². The molecule has 0 saturated carbocycles. The van der Waals surface area contributed by atoms with E-state index >= 15 is 0 Å². The van der Waals surface area contributed by atoms with Crippen LogP contribution in [0, 0.1) is 0 Å². The molecule has 0 N–H and O–H groups in total. The molecule has 0 saturated heterocycles. The molecule has 0 atom stereocenters. The van der Waals surface area contributed by atoms with Gasteiger partial charge >= 0.3 is 5.97 Å². The lowest BCUT2D eigenvalue weighted by Gasteiger charge is -2.08. The molecule has 0 radical (unpaired) electrons. The number of carbonyl (C=O) groups excluding carboxylic acids is 1. The van der Waals surface area contributed by atoms with Gasteiger partial charge < -0.3 is 18.5 Å². The van der Waals surface area contributed by atoms with Crippen molar-refractivity contribution >= 4 is 16.9 Å². The number of unbranched alkanes of at least 4 members (excludes halogenated alkanes) is 2. The topological polar surface area (TPSA) is 70.7 Å². The number of nitrogens with zero attached hydrogens (tertiary/aromatic N) is 1. The van der Waals surface area contributed by atoms with Gasteiger partial charge in [0.2, 0.25) is 11.2 Å². The number of hydrogen-bond acceptors (Lipinski definition) is 5. The summed E-state index contributed by atoms with van der Waals surface area (Å²) in [5.74, 6) is 0.194. The van der Waals surface area contributed by atoms with Crippen molar-refractivity contribution in [2.24, 2.45) is 0 Å². The van der Waals surface area contributed by atoms with Crippen LogP contribution in [0.1, 0.15) is 44.8 Å². The molecule has 0 fully saturated rings. The number of para-hydroxylation sites is 1. The van der Waals surface area contributed by atoms with Gasteiger partial charge in [-0.25, -0.2) is 0 Å². The SMILES string of the molecule is CCCC(=O)OCc1cc(=O)c(OCCCCCn2ccc3ccccc32)co1. The van der Waals surface area contributed by atoms with Gasteiger partial charge in [0.15, 0.2) is 0 Å². The summed E-state index contributed by atoms with van der Waals surface area (Å²) in [5, 5.41) is 1.26. The fourth-order valence-corrected chi connectivity index (χ4v) is 3.13. The fourth-order valence-electron chi connectivity index (χ4n) is 3.13. The molecule has 154 valence electrons. The predicted molar refractivity (Wildman–Crippen MR) is 111 cm³/mol. The molecule has 2 aromatic heterocycles. The van der Waals surface area contributed by atoms with Crippen molar-refractivity contribution in [2.75, 3.05) is 6.61 Å². The van der Waals surface area contributed by atoms with Crippen LogP contribution in [-0.2, 0) is 22.7 Å². The molecule has 0 unspecified atom stereocenters. The van der Waals surface area contributed by atoms with E-state index in [0.29, 0.717) is 18.8 Å². The highest BCUT2D eigenvalue weighted by Gasteiger charge is 2.08. The summed E-state index contributed by atoms with van der Waals surface area (Å²) < 4.78 is 18.2. The van der Waals surface area contributed by atoms with Crippen LogP contribution < -0.4 is 10.2 Å². The molecule has 6 nitrogen and oxygen atoms in total. The molecule has 0 aliphatic carbocycles. The zero-order valence-electron chi connectivity index (χ0n) is 16.8. The Bertz CT molecular complexity index is 988. The van der Waals surface area contributed by atoms with Crippen molar-refractivity contribution in [3.05, 3.63) is 64.8 Å². The minimum absolute atomic E-state index is 0.0393. The van der Waals surface area contributed by atoms with Crippen LogP contribution >= 0.6 is 0 Å². The summed E-state index contributed by atoms with van der Waals surface area (Å²) >= 11 is 0. The Morgan fingerprint density at radius 3 is 2.83 bits per heavy atom. The fraction of sp³-hybridized carbons (Fsp3) is 0.391. The van der Waals surface area contributed by atoms with Gasteiger partial charge in [0.1, 0.15) is 18.6 Å². The maximum absolute atomic E-state index is 12.1. The number of hydrogen-bond donors (Lipinski definition) is 0. The van der Waals surface area contributed by atoms with Gasteiger partial charge in [-0.1, -0.05) is 25.1 Å². The molecule has 3 rings (SSSR count). The van der Waals surface area contributed by atoms with E-state index in [4.69, 9.17) is 13.9 Å². The largest absolute Gasteiger partial charge is 0.487 e. The van der Waals surface area contributed by atoms with Crippen molar-refractivity contribution in [1.82, 2.24) is 4.57 Å². The van der Waals surface area contributed by atoms with E-state index in [1.165, 1.54) is 23.2 Å². The zero-order valence-corrected chi connectivity index (χ0v) is 16.8. The highest BCUT2D eigenvalue weighted by molar-refractivity contribution is 5.79. The normalized spacial score (nSPS) is 10.9. The molecule has 3 aromatic rings. The minimum atomic E-state index is -0.302. The molecule has 0 aliphatic rings. The minimum Gasteiger partial charge on any atom is -0.487 e. The number of aryl methyl sites for hydroxylation is 1. The molecule has 0 spiro atoms. The Morgan fingerprint density at radius 2 is 2.00 bits per heavy atom. The van der Waals surface area contributed by atoms with Crippen molar-refractivity contribution < 1.29 is 18.7 Å². The highest BCUT2D eigenvalue weighted by atomic mass is 16.5. The molecule has 6 heteroatoms. The number of ether oxygens (including phenoxy) is 2. The first kappa shape index (κ1) is 20.7. The Balaban J connectivity index is 1.37. The standard InChI is InChI=1S/C23H27NO5/c1-2-8-23(26)29-16-19-15-21(25)22(17-28-19)27-14-7-3-6-12-24-13-11-18-9-4-5-10-20(18)24/h4-5,9-11,13,15,17H,2-3,6-8,12,14,16H2,1H3. The van der Waals surface area contributed by atoms with Gasteiger partial charge in [0.05, 0.1) is 6.61 Å². The van der Waals surface area contributed by atoms with Gasteiger partial charge in [0.25, 0.3) is 0 Å². The number of aromatic nitrogens is 1. The number of rotatable bonds is 11. The molecule has 29 heavy (non-hydrogen) atoms. The monoisotopic (exact) mass is 397 g/mol. The first-order valence-electron chi connectivity index (χ1n) is 10.1. The molecule has 1 aromatic carbocycles. The summed E-state index contributed by atoms with van der Waals surface area (Å²) in [7, 11) is 0. The second-order valence-corrected chi connectivity index (χ2v) is 6.96. The van der Waals surface area contributed by atoms with Gasteiger partial charge in [-0.2, -0.15) is 0 Å². The number of benzene rings is 1. The van der Waals surface area contributed by atoms with Crippen LogP contribution in [0.2, 0.25) is 0 Å². The van der Waals surface area contributed by atoms with Crippen molar-refractivity contribution in [1.29, 1.82) is 0 Å². The third-order valence-electron chi connectivity index (χ3n) is 4.66. The molecular formula is C23H27NO5. The van der Waals surface area contributed by atoms with Crippen LogP contribution in [0.15, 0.2) is 58.1 Å². The van der Waals surface area contributed by atoms with E-state index in [1.807, 2.05) is 13.0 Å². The quantitative estimate of drug-likeness (QED) is 0.347. The van der Waals surface area contributed by atoms with Crippen molar-refractivity contribution in [3.63, 3.8) is 0 Å². The molecule has 0 aliphatic heterocycles. The molecule has 0 bridgehead atoms. The molecular weight excluding hydrogens is 370 g/mol. The average molecular weight is 397 g/mol. The summed E-state index contributed by atoms with van der Waals surface area (Å²) in [5.41, 5.74) is 0.985. The van der Waals surface area contributed by atoms with Crippen LogP contribution in [-0.4, -0.2) is 17.1 Å². The lowest BCUT2D eigenvalue weighted by Crippen LogP contribution is -2.10. The lowest BCUT2D eigenvalue weighted by atomic mass is 10.2. The van der Waals surface area contributed by atoms with E-state index in [-0.39, 0.29) is 23.8 Å². The van der Waals surface area contributed by atoms with Crippen molar-refractivity contribution in [3.8, 4) is 5.75 Å². The Hall–Kier alpha value is -3.02. The van der Waals surface area contributed by atoms with Gasteiger partial charge in [-0.3, -0.25) is 9.59 Å². The van der Waals surface area contributed by atoms with E-state index in [0.717, 1.165) is 32.2 Å². The van der Waals surface area contributed by atoms with E-state index in [9.17, 15) is 9.59 Å². The summed E-state index contributed by atoms with van der Waals surface area (Å²) in [4.78, 5) is 23.4. The summed E-state index contributed by atoms with van der Waals surface area (Å²) in [6.07, 6.45) is 7.38. The third-order valence-corrected chi connectivity index (χ3v) is 4.66. The van der Waals surface area contributed by atoms with Crippen molar-refractivity contribution in [2.45, 2.75) is 52.2 Å². The number of esters is 1. The van der Waals surface area contributed by atoms with Gasteiger partial charge in [-0.15, -0.1) is 0 Å². The predicted octanol–water partition coefficient (Wildman–Crippen LogP) is 4.69. The number of carbonyl (C=O) groups is 1. The highest BCUT2D eigenvalue weighted by Crippen LogP contribution is 2.16. The third kappa shape index (κ3) is 5.98. The smallest absolute Gasteiger partial charge is 0.306 e. The molecule has 0 amide bonds. The Kier molecular flexibility index (Phi) is 7.50. The van der Waals surface area contributed by atoms with Gasteiger partial charge in [-0.05, 0) is 43.2 Å². The van der Waals surface area contributed by atoms with Gasteiger partial charge in [0, 0.05) is 30.7 Å². The number of fused-ring (bicyclic) bond motifs is 1. The van der Waals surface area contributed by atoms with Crippen LogP contribution in [0.3, 0.4) is 0 Å². The summed E-state index contributed by atoms with van der Waals surface area (Å²) in [6.45, 7) is 3.28. The second kappa shape index (κ2) is 10.5. The first-order chi connectivity index (χ1) is 14.2. The Morgan fingerprint density at radius 1 is 1.14 bits per heavy atom. The van der Waals surface area contributed by atoms with E-state index < -0.39 is 0 Å². The molecule has 2 heterocycles. The van der Waals surface area contributed by atoms with Crippen LogP contribution in [0.25, 0.3) is 10.9 Å². The van der Waals surface area contributed by atoms with E-state index in [1.54, 1.807) is 0 Å². The second-order valence-electron chi connectivity index (χ2n) is 6.96.